The predicted molar refractivity (Wildman–Crippen MR) is 86.8 cm³/mol. The number of nitrogens with one attached hydrogen (secondary N) is 1. The lowest BCUT2D eigenvalue weighted by Crippen LogP contribution is -2.47. The van der Waals surface area contributed by atoms with Crippen LogP contribution in [0, 0.1) is 17.2 Å². The van der Waals surface area contributed by atoms with Crippen LogP contribution in [0.15, 0.2) is 24.3 Å². The molecule has 0 spiro atoms. The number of nitriles is 1. The number of benzene rings is 1. The van der Waals surface area contributed by atoms with E-state index in [4.69, 9.17) is 10.00 Å². The first-order valence-electron chi connectivity index (χ1n) is 8.11. The molecule has 0 bridgehead atoms. The maximum atomic E-state index is 12.5. The van der Waals surface area contributed by atoms with Gasteiger partial charge in [0.25, 0.3) is 5.91 Å². The molecule has 5 nitrogen and oxygen atoms in total. The standard InChI is InChI=1S/C18H24N2O3/c1-13(2)16(23-15-8-4-3-7-14(15)11-19)17(21)20-12-18(22)9-5-6-10-18/h3-4,7-8,13,16,22H,5-6,9-10,12H2,1-2H3,(H,20,21). The molecular formula is C18H24N2O3. The molecule has 1 amide bonds. The summed E-state index contributed by atoms with van der Waals surface area (Å²) >= 11 is 0. The van der Waals surface area contributed by atoms with Crippen molar-refractivity contribution in [3.8, 4) is 11.8 Å². The Bertz CT molecular complexity index is 586. The fourth-order valence-electron chi connectivity index (χ4n) is 2.85. The summed E-state index contributed by atoms with van der Waals surface area (Å²) in [6.07, 6.45) is 2.72. The Balaban J connectivity index is 2.03. The summed E-state index contributed by atoms with van der Waals surface area (Å²) in [4.78, 5) is 12.5. The SMILES string of the molecule is CC(C)C(Oc1ccccc1C#N)C(=O)NCC1(O)CCCC1. The van der Waals surface area contributed by atoms with Crippen LogP contribution in [0.25, 0.3) is 0 Å². The zero-order chi connectivity index (χ0) is 16.9. The average molecular weight is 316 g/mol. The van der Waals surface area contributed by atoms with E-state index < -0.39 is 11.7 Å². The van der Waals surface area contributed by atoms with Crippen LogP contribution < -0.4 is 10.1 Å². The highest BCUT2D eigenvalue weighted by atomic mass is 16.5. The fraction of sp³-hybridized carbons (Fsp3) is 0.556. The van der Waals surface area contributed by atoms with Gasteiger partial charge in [0.1, 0.15) is 11.8 Å². The summed E-state index contributed by atoms with van der Waals surface area (Å²) in [5.74, 6) is 0.0939. The molecule has 0 radical (unpaired) electrons. The molecule has 1 aliphatic rings. The molecule has 0 aromatic heterocycles. The van der Waals surface area contributed by atoms with E-state index in [9.17, 15) is 9.90 Å². The molecule has 1 saturated carbocycles. The number of carbonyl (C=O) groups is 1. The van der Waals surface area contributed by atoms with Gasteiger partial charge in [-0.05, 0) is 30.9 Å². The van der Waals surface area contributed by atoms with Gasteiger partial charge in [-0.25, -0.2) is 0 Å². The fourth-order valence-corrected chi connectivity index (χ4v) is 2.85. The zero-order valence-corrected chi connectivity index (χ0v) is 13.7. The molecule has 1 fully saturated rings. The third-order valence-electron chi connectivity index (χ3n) is 4.25. The first-order valence-corrected chi connectivity index (χ1v) is 8.11. The molecule has 2 N–H and O–H groups in total. The monoisotopic (exact) mass is 316 g/mol. The third kappa shape index (κ3) is 4.46. The van der Waals surface area contributed by atoms with Gasteiger partial charge in [0.05, 0.1) is 11.2 Å². The molecule has 1 aromatic rings. The van der Waals surface area contributed by atoms with E-state index >= 15 is 0 Å². The number of amides is 1. The van der Waals surface area contributed by atoms with Gasteiger partial charge >= 0.3 is 0 Å². The number of nitrogens with zero attached hydrogens (tertiary/aromatic N) is 1. The van der Waals surface area contributed by atoms with Crippen molar-refractivity contribution in [1.82, 2.24) is 5.32 Å². The summed E-state index contributed by atoms with van der Waals surface area (Å²) < 4.78 is 5.79. The lowest BCUT2D eigenvalue weighted by Gasteiger charge is -2.26. The minimum atomic E-state index is -0.790. The number of aliphatic hydroxyl groups is 1. The summed E-state index contributed by atoms with van der Waals surface area (Å²) in [5, 5.41) is 22.3. The number of ether oxygens (including phenoxy) is 1. The second-order valence-corrected chi connectivity index (χ2v) is 6.54. The minimum absolute atomic E-state index is 0.0556. The van der Waals surface area contributed by atoms with Crippen molar-refractivity contribution in [1.29, 1.82) is 5.26 Å². The third-order valence-corrected chi connectivity index (χ3v) is 4.25. The average Bonchev–Trinajstić information content (AvgIpc) is 2.97. The summed E-state index contributed by atoms with van der Waals surface area (Å²) in [6, 6.07) is 8.94. The lowest BCUT2D eigenvalue weighted by atomic mass is 10.0. The van der Waals surface area contributed by atoms with Gasteiger partial charge < -0.3 is 15.2 Å². The summed E-state index contributed by atoms with van der Waals surface area (Å²) in [7, 11) is 0. The van der Waals surface area contributed by atoms with Gasteiger partial charge in [-0.3, -0.25) is 4.79 Å². The molecule has 2 rings (SSSR count). The van der Waals surface area contributed by atoms with E-state index in [2.05, 4.69) is 11.4 Å². The molecule has 0 heterocycles. The van der Waals surface area contributed by atoms with Crippen molar-refractivity contribution >= 4 is 5.91 Å². The highest BCUT2D eigenvalue weighted by molar-refractivity contribution is 5.81. The highest BCUT2D eigenvalue weighted by Crippen LogP contribution is 2.28. The van der Waals surface area contributed by atoms with Crippen molar-refractivity contribution in [2.45, 2.75) is 51.2 Å². The van der Waals surface area contributed by atoms with Gasteiger partial charge in [-0.1, -0.05) is 38.8 Å². The topological polar surface area (TPSA) is 82.3 Å². The van der Waals surface area contributed by atoms with Crippen molar-refractivity contribution < 1.29 is 14.6 Å². The van der Waals surface area contributed by atoms with Crippen molar-refractivity contribution in [3.05, 3.63) is 29.8 Å². The van der Waals surface area contributed by atoms with E-state index in [1.54, 1.807) is 24.3 Å². The van der Waals surface area contributed by atoms with Crippen LogP contribution in [0.5, 0.6) is 5.75 Å². The second kappa shape index (κ2) is 7.47. The molecule has 23 heavy (non-hydrogen) atoms. The van der Waals surface area contributed by atoms with E-state index in [1.165, 1.54) is 0 Å². The lowest BCUT2D eigenvalue weighted by molar-refractivity contribution is -0.131. The molecule has 1 atom stereocenters. The molecule has 124 valence electrons. The van der Waals surface area contributed by atoms with Crippen LogP contribution in [0.4, 0.5) is 0 Å². The minimum Gasteiger partial charge on any atom is -0.479 e. The van der Waals surface area contributed by atoms with E-state index in [0.717, 1.165) is 25.7 Å². The molecule has 5 heteroatoms. The maximum Gasteiger partial charge on any atom is 0.261 e. The molecular weight excluding hydrogens is 292 g/mol. The quantitative estimate of drug-likeness (QED) is 0.844. The number of rotatable bonds is 6. The van der Waals surface area contributed by atoms with Crippen LogP contribution in [0.3, 0.4) is 0 Å². The van der Waals surface area contributed by atoms with Gasteiger partial charge in [0.15, 0.2) is 6.10 Å². The van der Waals surface area contributed by atoms with Crippen LogP contribution >= 0.6 is 0 Å². The van der Waals surface area contributed by atoms with Gasteiger partial charge in [-0.2, -0.15) is 5.26 Å². The van der Waals surface area contributed by atoms with Gasteiger partial charge in [0.2, 0.25) is 0 Å². The van der Waals surface area contributed by atoms with Crippen LogP contribution in [-0.4, -0.2) is 29.3 Å². The number of hydrogen-bond donors (Lipinski definition) is 2. The Kier molecular flexibility index (Phi) is 5.62. The van der Waals surface area contributed by atoms with Crippen molar-refractivity contribution in [2.24, 2.45) is 5.92 Å². The number of para-hydroxylation sites is 1. The smallest absolute Gasteiger partial charge is 0.261 e. The molecule has 0 saturated heterocycles. The molecule has 0 aliphatic heterocycles. The Labute approximate surface area is 137 Å². The first kappa shape index (κ1) is 17.3. The number of carbonyl (C=O) groups excluding carboxylic acids is 1. The van der Waals surface area contributed by atoms with Crippen LogP contribution in [-0.2, 0) is 4.79 Å². The van der Waals surface area contributed by atoms with E-state index in [-0.39, 0.29) is 18.4 Å². The summed E-state index contributed by atoms with van der Waals surface area (Å²) in [6.45, 7) is 4.03. The summed E-state index contributed by atoms with van der Waals surface area (Å²) in [5.41, 5.74) is -0.387. The van der Waals surface area contributed by atoms with Crippen molar-refractivity contribution in [3.63, 3.8) is 0 Å². The largest absolute Gasteiger partial charge is 0.479 e. The molecule has 1 aromatic carbocycles. The highest BCUT2D eigenvalue weighted by Gasteiger charge is 2.33. The maximum absolute atomic E-state index is 12.5. The van der Waals surface area contributed by atoms with Gasteiger partial charge in [0, 0.05) is 6.54 Å². The Hall–Kier alpha value is -2.06. The number of hydrogen-bond acceptors (Lipinski definition) is 4. The second-order valence-electron chi connectivity index (χ2n) is 6.54. The molecule has 1 aliphatic carbocycles. The predicted octanol–water partition coefficient (Wildman–Crippen LogP) is 2.38. The van der Waals surface area contributed by atoms with Gasteiger partial charge in [-0.15, -0.1) is 0 Å². The molecule has 1 unspecified atom stereocenters. The Morgan fingerprint density at radius 1 is 1.39 bits per heavy atom. The van der Waals surface area contributed by atoms with Crippen LogP contribution in [0.1, 0.15) is 45.1 Å². The van der Waals surface area contributed by atoms with E-state index in [0.29, 0.717) is 11.3 Å². The first-order chi connectivity index (χ1) is 10.9. The van der Waals surface area contributed by atoms with Crippen molar-refractivity contribution in [2.75, 3.05) is 6.54 Å². The normalized spacial score (nSPS) is 17.5. The van der Waals surface area contributed by atoms with E-state index in [1.807, 2.05) is 13.8 Å². The zero-order valence-electron chi connectivity index (χ0n) is 13.7. The van der Waals surface area contributed by atoms with Crippen LogP contribution in [0.2, 0.25) is 0 Å². The Morgan fingerprint density at radius 3 is 2.65 bits per heavy atom. The Morgan fingerprint density at radius 2 is 2.04 bits per heavy atom.